The summed E-state index contributed by atoms with van der Waals surface area (Å²) in [5.41, 5.74) is 0. The molecule has 0 unspecified atom stereocenters. The standard InChI is InChI=1S/C25H22NO3PS/c1-29-21-17-19-25(20-18-21)31(27,28)26-30(22-11-5-2-6-12-22,23-13-7-3-8-14-23)24-15-9-4-10-16-24/h2-20H,1H3. The van der Waals surface area contributed by atoms with Crippen LogP contribution in [0.4, 0.5) is 0 Å². The van der Waals surface area contributed by atoms with Crippen molar-refractivity contribution in [3.05, 3.63) is 115 Å². The molecule has 0 bridgehead atoms. The second-order valence-electron chi connectivity index (χ2n) is 6.87. The summed E-state index contributed by atoms with van der Waals surface area (Å²) in [7, 11) is -5.28. The Labute approximate surface area is 183 Å². The Morgan fingerprint density at radius 3 is 1.35 bits per heavy atom. The topological polar surface area (TPSA) is 55.7 Å². The molecule has 0 N–H and O–H groups in total. The van der Waals surface area contributed by atoms with Crippen molar-refractivity contribution in [3.8, 4) is 5.75 Å². The first-order valence-electron chi connectivity index (χ1n) is 9.76. The Kier molecular flexibility index (Phi) is 6.08. The van der Waals surface area contributed by atoms with Crippen molar-refractivity contribution in [2.45, 2.75) is 4.90 Å². The minimum absolute atomic E-state index is 0.139. The van der Waals surface area contributed by atoms with E-state index in [2.05, 4.69) is 0 Å². The van der Waals surface area contributed by atoms with Crippen LogP contribution in [-0.2, 0) is 10.0 Å². The number of hydrogen-bond acceptors (Lipinski definition) is 3. The van der Waals surface area contributed by atoms with E-state index < -0.39 is 17.1 Å². The lowest BCUT2D eigenvalue weighted by Gasteiger charge is -2.26. The van der Waals surface area contributed by atoms with E-state index >= 15 is 0 Å². The number of benzene rings is 4. The maximum atomic E-state index is 13.6. The fraction of sp³-hybridized carbons (Fsp3) is 0.0400. The normalized spacial score (nSPS) is 11.6. The second kappa shape index (κ2) is 8.93. The van der Waals surface area contributed by atoms with Gasteiger partial charge < -0.3 is 4.74 Å². The SMILES string of the molecule is COc1ccc(S(=O)(=O)N=P(c2ccccc2)(c2ccccc2)c2ccccc2)cc1. The third kappa shape index (κ3) is 4.20. The molecular weight excluding hydrogens is 425 g/mol. The lowest BCUT2D eigenvalue weighted by molar-refractivity contribution is 0.414. The van der Waals surface area contributed by atoms with Crippen molar-refractivity contribution >= 4 is 33.0 Å². The highest BCUT2D eigenvalue weighted by Gasteiger charge is 2.31. The fourth-order valence-electron chi connectivity index (χ4n) is 3.48. The van der Waals surface area contributed by atoms with E-state index in [1.165, 1.54) is 12.1 Å². The number of hydrogen-bond donors (Lipinski definition) is 0. The van der Waals surface area contributed by atoms with Crippen molar-refractivity contribution in [2.24, 2.45) is 4.15 Å². The molecule has 0 heterocycles. The Morgan fingerprint density at radius 1 is 0.613 bits per heavy atom. The fourth-order valence-corrected chi connectivity index (χ4v) is 9.46. The van der Waals surface area contributed by atoms with Gasteiger partial charge in [0.05, 0.1) is 19.1 Å². The molecule has 4 rings (SSSR count). The van der Waals surface area contributed by atoms with Gasteiger partial charge in [-0.2, -0.15) is 12.6 Å². The van der Waals surface area contributed by atoms with Crippen molar-refractivity contribution in [2.75, 3.05) is 7.11 Å². The smallest absolute Gasteiger partial charge is 0.281 e. The summed E-state index contributed by atoms with van der Waals surface area (Å²) >= 11 is 0. The molecule has 0 saturated carbocycles. The number of methoxy groups -OCH3 is 1. The molecule has 4 aromatic rings. The summed E-state index contributed by atoms with van der Waals surface area (Å²) in [6.07, 6.45) is 0. The van der Waals surface area contributed by atoms with Crippen LogP contribution in [0, 0.1) is 0 Å². The van der Waals surface area contributed by atoms with Crippen LogP contribution in [0.2, 0.25) is 0 Å². The van der Waals surface area contributed by atoms with Crippen LogP contribution in [0.25, 0.3) is 0 Å². The summed E-state index contributed by atoms with van der Waals surface area (Å²) in [5.74, 6) is 0.592. The van der Waals surface area contributed by atoms with Crippen molar-refractivity contribution < 1.29 is 13.2 Å². The van der Waals surface area contributed by atoms with Crippen LogP contribution >= 0.6 is 7.05 Å². The number of nitrogens with zero attached hydrogens (tertiary/aromatic N) is 1. The summed E-state index contributed by atoms with van der Waals surface area (Å²) in [5, 5.41) is 2.64. The van der Waals surface area contributed by atoms with Gasteiger partial charge in [-0.3, -0.25) is 0 Å². The number of rotatable bonds is 6. The zero-order valence-corrected chi connectivity index (χ0v) is 18.7. The highest BCUT2D eigenvalue weighted by atomic mass is 32.2. The molecule has 0 amide bonds. The van der Waals surface area contributed by atoms with Gasteiger partial charge in [0.15, 0.2) is 0 Å². The van der Waals surface area contributed by atoms with E-state index in [-0.39, 0.29) is 4.90 Å². The van der Waals surface area contributed by atoms with Gasteiger partial charge in [-0.05, 0) is 24.3 Å². The van der Waals surface area contributed by atoms with Gasteiger partial charge >= 0.3 is 0 Å². The predicted octanol–water partition coefficient (Wildman–Crippen LogP) is 4.56. The van der Waals surface area contributed by atoms with Crippen LogP contribution in [0.3, 0.4) is 0 Å². The molecule has 0 fully saturated rings. The second-order valence-corrected chi connectivity index (χ2v) is 11.8. The Bertz CT molecular complexity index is 1200. The molecule has 156 valence electrons. The third-order valence-corrected chi connectivity index (χ3v) is 10.8. The van der Waals surface area contributed by atoms with E-state index in [9.17, 15) is 8.42 Å². The van der Waals surface area contributed by atoms with Crippen LogP contribution in [0.1, 0.15) is 0 Å². The first-order chi connectivity index (χ1) is 15.1. The molecule has 0 aliphatic heterocycles. The third-order valence-electron chi connectivity index (χ3n) is 4.98. The van der Waals surface area contributed by atoms with Crippen molar-refractivity contribution in [1.82, 2.24) is 0 Å². The van der Waals surface area contributed by atoms with Gasteiger partial charge in [0.2, 0.25) is 0 Å². The molecule has 0 spiro atoms. The highest BCUT2D eigenvalue weighted by Crippen LogP contribution is 2.48. The Morgan fingerprint density at radius 2 is 1.00 bits per heavy atom. The van der Waals surface area contributed by atoms with Crippen LogP contribution in [0.5, 0.6) is 5.75 Å². The zero-order chi connectivity index (χ0) is 21.7. The monoisotopic (exact) mass is 447 g/mol. The van der Waals surface area contributed by atoms with E-state index in [0.717, 1.165) is 15.9 Å². The maximum Gasteiger partial charge on any atom is 0.281 e. The molecular formula is C25H22NO3PS. The molecule has 31 heavy (non-hydrogen) atoms. The van der Waals surface area contributed by atoms with Gasteiger partial charge in [-0.15, -0.1) is 0 Å². The van der Waals surface area contributed by atoms with Crippen LogP contribution < -0.4 is 20.7 Å². The Balaban J connectivity index is 2.09. The largest absolute Gasteiger partial charge is 0.497 e. The molecule has 0 radical (unpaired) electrons. The molecule has 6 heteroatoms. The average molecular weight is 447 g/mol. The minimum Gasteiger partial charge on any atom is -0.497 e. The van der Waals surface area contributed by atoms with Gasteiger partial charge in [0.1, 0.15) is 5.75 Å². The molecule has 4 nitrogen and oxygen atoms in total. The highest BCUT2D eigenvalue weighted by molar-refractivity contribution is 7.99. The molecule has 0 atom stereocenters. The van der Waals surface area contributed by atoms with Gasteiger partial charge in [-0.25, -0.2) is 0 Å². The predicted molar refractivity (Wildman–Crippen MR) is 128 cm³/mol. The number of ether oxygens (including phenoxy) is 1. The van der Waals surface area contributed by atoms with E-state index in [1.807, 2.05) is 91.0 Å². The summed E-state index contributed by atoms with van der Waals surface area (Å²) < 4.78 is 37.1. The summed E-state index contributed by atoms with van der Waals surface area (Å²) in [6, 6.07) is 35.4. The molecule has 0 aliphatic carbocycles. The quantitative estimate of drug-likeness (QED) is 0.407. The maximum absolute atomic E-state index is 13.6. The molecule has 0 aliphatic rings. The van der Waals surface area contributed by atoms with E-state index in [0.29, 0.717) is 5.75 Å². The van der Waals surface area contributed by atoms with Gasteiger partial charge in [0.25, 0.3) is 10.0 Å². The first kappa shape index (κ1) is 21.1. The Hall–Kier alpha value is -3.14. The lowest BCUT2D eigenvalue weighted by Crippen LogP contribution is -2.26. The molecule has 0 aromatic heterocycles. The van der Waals surface area contributed by atoms with Gasteiger partial charge in [0, 0.05) is 15.9 Å². The average Bonchev–Trinajstić information content (AvgIpc) is 2.84. The zero-order valence-electron chi connectivity index (χ0n) is 17.0. The van der Waals surface area contributed by atoms with Crippen molar-refractivity contribution in [3.63, 3.8) is 0 Å². The molecule has 0 saturated heterocycles. The van der Waals surface area contributed by atoms with Crippen LogP contribution in [0.15, 0.2) is 124 Å². The first-order valence-corrected chi connectivity index (χ1v) is 12.9. The summed E-state index contributed by atoms with van der Waals surface area (Å²) in [4.78, 5) is 0.139. The van der Waals surface area contributed by atoms with Crippen molar-refractivity contribution in [1.29, 1.82) is 0 Å². The summed E-state index contributed by atoms with van der Waals surface area (Å²) in [6.45, 7) is 0. The van der Waals surface area contributed by atoms with E-state index in [1.54, 1.807) is 19.2 Å². The van der Waals surface area contributed by atoms with Crippen LogP contribution in [-0.4, -0.2) is 15.5 Å². The van der Waals surface area contributed by atoms with Gasteiger partial charge in [-0.1, -0.05) is 91.0 Å². The molecule has 4 aromatic carbocycles. The lowest BCUT2D eigenvalue weighted by atomic mass is 10.3. The minimum atomic E-state index is -3.97. The number of sulfonamides is 1. The van der Waals surface area contributed by atoms with E-state index in [4.69, 9.17) is 8.89 Å².